The summed E-state index contributed by atoms with van der Waals surface area (Å²) in [6, 6.07) is 2.30. The molecule has 1 fully saturated rings. The summed E-state index contributed by atoms with van der Waals surface area (Å²) in [5.41, 5.74) is -0.196. The number of amides is 2. The maximum absolute atomic E-state index is 13.7. The van der Waals surface area contributed by atoms with Crippen LogP contribution in [0, 0.1) is 23.5 Å². The zero-order chi connectivity index (χ0) is 19.4. The van der Waals surface area contributed by atoms with E-state index in [2.05, 4.69) is 5.32 Å². The van der Waals surface area contributed by atoms with Crippen LogP contribution in [0.4, 0.5) is 8.78 Å². The highest BCUT2D eigenvalue weighted by Crippen LogP contribution is 2.21. The fraction of sp³-hybridized carbons (Fsp3) is 0.500. The minimum Gasteiger partial charge on any atom is -0.481 e. The number of nitrogens with zero attached hydrogens (tertiary/aromatic N) is 1. The number of nitrogens with one attached hydrogen (secondary N) is 1. The average Bonchev–Trinajstić information content (AvgIpc) is 2.60. The summed E-state index contributed by atoms with van der Waals surface area (Å²) >= 11 is 0. The van der Waals surface area contributed by atoms with Crippen LogP contribution in [0.2, 0.25) is 0 Å². The van der Waals surface area contributed by atoms with Gasteiger partial charge in [-0.2, -0.15) is 0 Å². The topological polar surface area (TPSA) is 86.7 Å². The van der Waals surface area contributed by atoms with Gasteiger partial charge >= 0.3 is 5.97 Å². The zero-order valence-electron chi connectivity index (χ0n) is 14.7. The normalized spacial score (nSPS) is 17.5. The molecule has 2 atom stereocenters. The van der Waals surface area contributed by atoms with Crippen LogP contribution in [0.5, 0.6) is 0 Å². The van der Waals surface area contributed by atoms with Gasteiger partial charge in [0.25, 0.3) is 5.91 Å². The van der Waals surface area contributed by atoms with E-state index >= 15 is 0 Å². The molecule has 1 aromatic carbocycles. The summed E-state index contributed by atoms with van der Waals surface area (Å²) in [5.74, 6) is -4.47. The van der Waals surface area contributed by atoms with E-state index in [1.807, 2.05) is 0 Å². The number of carboxylic acid groups (broad SMARTS) is 1. The summed E-state index contributed by atoms with van der Waals surface area (Å²) in [7, 11) is 0. The molecule has 26 heavy (non-hydrogen) atoms. The first-order valence-electron chi connectivity index (χ1n) is 8.48. The first-order chi connectivity index (χ1) is 12.2. The van der Waals surface area contributed by atoms with Crippen LogP contribution in [0.3, 0.4) is 0 Å². The summed E-state index contributed by atoms with van der Waals surface area (Å²) in [6.45, 7) is 3.70. The van der Waals surface area contributed by atoms with Crippen LogP contribution in [-0.2, 0) is 9.59 Å². The summed E-state index contributed by atoms with van der Waals surface area (Å²) < 4.78 is 26.7. The fourth-order valence-corrected chi connectivity index (χ4v) is 2.86. The third kappa shape index (κ3) is 4.56. The lowest BCUT2D eigenvalue weighted by molar-refractivity contribution is -0.142. The maximum atomic E-state index is 13.7. The molecular formula is C18H22F2N2O4. The van der Waals surface area contributed by atoms with Crippen molar-refractivity contribution in [2.75, 3.05) is 13.1 Å². The number of carboxylic acids is 1. The van der Waals surface area contributed by atoms with Crippen LogP contribution in [0.1, 0.15) is 37.0 Å². The second-order valence-corrected chi connectivity index (χ2v) is 6.61. The Morgan fingerprint density at radius 1 is 1.19 bits per heavy atom. The van der Waals surface area contributed by atoms with E-state index in [1.54, 1.807) is 6.92 Å². The number of benzene rings is 1. The Balaban J connectivity index is 1.91. The predicted molar refractivity (Wildman–Crippen MR) is 89.4 cm³/mol. The second kappa shape index (κ2) is 8.25. The molecule has 8 heteroatoms. The molecule has 2 amide bonds. The number of hydrogen-bond donors (Lipinski definition) is 2. The van der Waals surface area contributed by atoms with E-state index in [-0.39, 0.29) is 30.5 Å². The minimum atomic E-state index is -0.987. The molecule has 1 aliphatic rings. The summed E-state index contributed by atoms with van der Waals surface area (Å²) in [4.78, 5) is 37.0. The lowest BCUT2D eigenvalue weighted by Crippen LogP contribution is -2.47. The van der Waals surface area contributed by atoms with E-state index in [9.17, 15) is 23.2 Å². The Labute approximate surface area is 150 Å². The molecule has 1 aliphatic heterocycles. The van der Waals surface area contributed by atoms with Crippen molar-refractivity contribution in [2.45, 2.75) is 32.7 Å². The van der Waals surface area contributed by atoms with E-state index < -0.39 is 35.5 Å². The van der Waals surface area contributed by atoms with Crippen LogP contribution in [0.15, 0.2) is 18.2 Å². The van der Waals surface area contributed by atoms with Gasteiger partial charge in [-0.3, -0.25) is 14.4 Å². The standard InChI is InChI=1S/C18H22F2N2O4/c1-10(18(25)26)11(2)21-16(23)12-5-7-22(8-6-12)17(24)14-4-3-13(19)9-15(14)20/h3-4,9-12H,5-8H2,1-2H3,(H,21,23)(H,25,26). The van der Waals surface area contributed by atoms with Gasteiger partial charge < -0.3 is 15.3 Å². The molecule has 2 rings (SSSR count). The highest BCUT2D eigenvalue weighted by Gasteiger charge is 2.30. The van der Waals surface area contributed by atoms with Crippen molar-refractivity contribution in [3.8, 4) is 0 Å². The van der Waals surface area contributed by atoms with Crippen LogP contribution in [0.25, 0.3) is 0 Å². The van der Waals surface area contributed by atoms with Gasteiger partial charge in [-0.05, 0) is 38.8 Å². The van der Waals surface area contributed by atoms with E-state index in [1.165, 1.54) is 11.8 Å². The van der Waals surface area contributed by atoms with Crippen molar-refractivity contribution >= 4 is 17.8 Å². The number of rotatable bonds is 5. The Bertz CT molecular complexity index is 702. The Kier molecular flexibility index (Phi) is 6.28. The van der Waals surface area contributed by atoms with Crippen molar-refractivity contribution in [3.63, 3.8) is 0 Å². The number of piperidine rings is 1. The second-order valence-electron chi connectivity index (χ2n) is 6.61. The lowest BCUT2D eigenvalue weighted by Gasteiger charge is -2.32. The maximum Gasteiger partial charge on any atom is 0.308 e. The van der Waals surface area contributed by atoms with Crippen molar-refractivity contribution in [1.82, 2.24) is 10.2 Å². The molecule has 2 N–H and O–H groups in total. The van der Waals surface area contributed by atoms with Gasteiger partial charge in [-0.1, -0.05) is 0 Å². The minimum absolute atomic E-state index is 0.196. The molecule has 1 saturated heterocycles. The molecule has 0 saturated carbocycles. The quantitative estimate of drug-likeness (QED) is 0.833. The number of halogens is 2. The monoisotopic (exact) mass is 368 g/mol. The summed E-state index contributed by atoms with van der Waals surface area (Å²) in [6.07, 6.45) is 0.795. The highest BCUT2D eigenvalue weighted by atomic mass is 19.1. The predicted octanol–water partition coefficient (Wildman–Crippen LogP) is 2.04. The molecule has 1 aromatic rings. The molecule has 6 nitrogen and oxygen atoms in total. The SMILES string of the molecule is CC(NC(=O)C1CCN(C(=O)c2ccc(F)cc2F)CC1)C(C)C(=O)O. The third-order valence-corrected chi connectivity index (χ3v) is 4.82. The third-order valence-electron chi connectivity index (χ3n) is 4.82. The molecule has 2 unspecified atom stereocenters. The van der Waals surface area contributed by atoms with Gasteiger partial charge in [0.1, 0.15) is 11.6 Å². The van der Waals surface area contributed by atoms with Crippen molar-refractivity contribution in [3.05, 3.63) is 35.4 Å². The molecule has 0 aliphatic carbocycles. The molecule has 0 radical (unpaired) electrons. The highest BCUT2D eigenvalue weighted by molar-refractivity contribution is 5.94. The van der Waals surface area contributed by atoms with Gasteiger partial charge in [0.2, 0.25) is 5.91 Å². The van der Waals surface area contributed by atoms with Gasteiger partial charge in [0.05, 0.1) is 11.5 Å². The first kappa shape index (κ1) is 19.8. The van der Waals surface area contributed by atoms with Crippen LogP contribution >= 0.6 is 0 Å². The molecule has 0 bridgehead atoms. The number of carbonyl (C=O) groups is 3. The number of carbonyl (C=O) groups excluding carboxylic acids is 2. The van der Waals surface area contributed by atoms with Crippen molar-refractivity contribution in [2.24, 2.45) is 11.8 Å². The molecule has 142 valence electrons. The average molecular weight is 368 g/mol. The van der Waals surface area contributed by atoms with Gasteiger partial charge in [0.15, 0.2) is 0 Å². The fourth-order valence-electron chi connectivity index (χ4n) is 2.86. The molecule has 0 aromatic heterocycles. The van der Waals surface area contributed by atoms with Gasteiger partial charge in [0, 0.05) is 31.1 Å². The number of aliphatic carboxylic acids is 1. The zero-order valence-corrected chi connectivity index (χ0v) is 14.7. The van der Waals surface area contributed by atoms with Crippen molar-refractivity contribution < 1.29 is 28.3 Å². The summed E-state index contributed by atoms with van der Waals surface area (Å²) in [5, 5.41) is 11.7. The molecule has 0 spiro atoms. The first-order valence-corrected chi connectivity index (χ1v) is 8.48. The van der Waals surface area contributed by atoms with E-state index in [4.69, 9.17) is 5.11 Å². The van der Waals surface area contributed by atoms with Gasteiger partial charge in [-0.15, -0.1) is 0 Å². The largest absolute Gasteiger partial charge is 0.481 e. The number of hydrogen-bond acceptors (Lipinski definition) is 3. The Morgan fingerprint density at radius 3 is 2.35 bits per heavy atom. The van der Waals surface area contributed by atoms with Crippen LogP contribution < -0.4 is 5.32 Å². The van der Waals surface area contributed by atoms with Crippen LogP contribution in [-0.4, -0.2) is 46.9 Å². The lowest BCUT2D eigenvalue weighted by atomic mass is 9.94. The molecular weight excluding hydrogens is 346 g/mol. The smallest absolute Gasteiger partial charge is 0.308 e. The molecule has 1 heterocycles. The Morgan fingerprint density at radius 2 is 1.81 bits per heavy atom. The number of likely N-dealkylation sites (tertiary alicyclic amines) is 1. The van der Waals surface area contributed by atoms with E-state index in [0.717, 1.165) is 12.1 Å². The van der Waals surface area contributed by atoms with Gasteiger partial charge in [-0.25, -0.2) is 8.78 Å². The van der Waals surface area contributed by atoms with E-state index in [0.29, 0.717) is 18.9 Å². The van der Waals surface area contributed by atoms with Crippen molar-refractivity contribution in [1.29, 1.82) is 0 Å². The Hall–Kier alpha value is -2.51.